The van der Waals surface area contributed by atoms with Crippen molar-refractivity contribution in [2.24, 2.45) is 0 Å². The predicted molar refractivity (Wildman–Crippen MR) is 123 cm³/mol. The van der Waals surface area contributed by atoms with Crippen LogP contribution in [0.1, 0.15) is 18.7 Å². The van der Waals surface area contributed by atoms with E-state index in [1.807, 2.05) is 48.7 Å². The third-order valence-corrected chi connectivity index (χ3v) is 6.62. The number of para-hydroxylation sites is 1. The van der Waals surface area contributed by atoms with Crippen LogP contribution < -0.4 is 5.32 Å². The number of benzene rings is 2. The van der Waals surface area contributed by atoms with Crippen LogP contribution in [0.25, 0.3) is 5.69 Å². The van der Waals surface area contributed by atoms with Gasteiger partial charge in [0.05, 0.1) is 12.3 Å². The zero-order valence-corrected chi connectivity index (χ0v) is 18.6. The minimum atomic E-state index is -0.0537. The number of likely N-dealkylation sites (tertiary alicyclic amines) is 1. The van der Waals surface area contributed by atoms with Gasteiger partial charge in [0.25, 0.3) is 0 Å². The lowest BCUT2D eigenvalue weighted by molar-refractivity contribution is -0.113. The van der Waals surface area contributed by atoms with Gasteiger partial charge in [-0.25, -0.2) is 0 Å². The van der Waals surface area contributed by atoms with Crippen LogP contribution in [-0.4, -0.2) is 50.7 Å². The van der Waals surface area contributed by atoms with E-state index in [0.717, 1.165) is 46.9 Å². The molecule has 1 N–H and O–H groups in total. The summed E-state index contributed by atoms with van der Waals surface area (Å²) in [5.74, 6) is 1.14. The molecule has 30 heavy (non-hydrogen) atoms. The maximum atomic E-state index is 12.5. The van der Waals surface area contributed by atoms with Crippen LogP contribution in [0.3, 0.4) is 0 Å². The Morgan fingerprint density at radius 1 is 1.07 bits per heavy atom. The molecule has 1 aromatic heterocycles. The molecule has 1 aliphatic heterocycles. The van der Waals surface area contributed by atoms with Gasteiger partial charge in [0, 0.05) is 16.3 Å². The van der Waals surface area contributed by atoms with Crippen molar-refractivity contribution in [2.45, 2.75) is 29.4 Å². The zero-order valence-electron chi connectivity index (χ0n) is 17.0. The van der Waals surface area contributed by atoms with Crippen molar-refractivity contribution in [1.82, 2.24) is 19.7 Å². The second kappa shape index (κ2) is 10.1. The third kappa shape index (κ3) is 5.24. The van der Waals surface area contributed by atoms with E-state index in [1.54, 1.807) is 11.8 Å². The predicted octanol–water partition coefficient (Wildman–Crippen LogP) is 4.32. The largest absolute Gasteiger partial charge is 0.325 e. The maximum absolute atomic E-state index is 12.5. The number of hydrogen-bond acceptors (Lipinski definition) is 6. The summed E-state index contributed by atoms with van der Waals surface area (Å²) in [5, 5.41) is 12.6. The Balaban J connectivity index is 1.47. The number of rotatable bonds is 8. The standard InChI is InChI=1S/C22H25N5OS2/c1-29-19-11-7-8-17(14-19)23-21(28)16-30-22-25-24-20(15-26-12-5-6-13-26)27(22)18-9-3-2-4-10-18/h2-4,7-11,14H,5-6,12-13,15-16H2,1H3,(H,23,28). The number of aromatic nitrogens is 3. The van der Waals surface area contributed by atoms with E-state index < -0.39 is 0 Å². The molecular weight excluding hydrogens is 414 g/mol. The summed E-state index contributed by atoms with van der Waals surface area (Å²) in [6.45, 7) is 2.97. The molecule has 1 amide bonds. The van der Waals surface area contributed by atoms with Gasteiger partial charge >= 0.3 is 0 Å². The summed E-state index contributed by atoms with van der Waals surface area (Å²) in [6.07, 6.45) is 4.49. The normalized spacial score (nSPS) is 14.2. The fourth-order valence-corrected chi connectivity index (χ4v) is 4.73. The number of carbonyl (C=O) groups is 1. The lowest BCUT2D eigenvalue weighted by Crippen LogP contribution is -2.21. The van der Waals surface area contributed by atoms with Crippen molar-refractivity contribution in [1.29, 1.82) is 0 Å². The molecular formula is C22H25N5OS2. The van der Waals surface area contributed by atoms with Crippen LogP contribution in [0.2, 0.25) is 0 Å². The number of amides is 1. The molecule has 6 nitrogen and oxygen atoms in total. The topological polar surface area (TPSA) is 63.1 Å². The average Bonchev–Trinajstić information content (AvgIpc) is 3.43. The van der Waals surface area contributed by atoms with Crippen molar-refractivity contribution in [2.75, 3.05) is 30.4 Å². The van der Waals surface area contributed by atoms with Crippen LogP contribution in [0.4, 0.5) is 5.69 Å². The first kappa shape index (κ1) is 21.0. The second-order valence-corrected chi connectivity index (χ2v) is 8.94. The van der Waals surface area contributed by atoms with Gasteiger partial charge in [-0.15, -0.1) is 22.0 Å². The van der Waals surface area contributed by atoms with E-state index in [0.29, 0.717) is 0 Å². The van der Waals surface area contributed by atoms with Gasteiger partial charge in [0.15, 0.2) is 11.0 Å². The van der Waals surface area contributed by atoms with Crippen LogP contribution in [0.15, 0.2) is 64.6 Å². The Hall–Kier alpha value is -2.29. The van der Waals surface area contributed by atoms with Crippen LogP contribution >= 0.6 is 23.5 Å². The smallest absolute Gasteiger partial charge is 0.234 e. The van der Waals surface area contributed by atoms with Gasteiger partial charge in [0.2, 0.25) is 5.91 Å². The SMILES string of the molecule is CSc1cccc(NC(=O)CSc2nnc(CN3CCCC3)n2-c2ccccc2)c1. The molecule has 156 valence electrons. The van der Waals surface area contributed by atoms with Gasteiger partial charge in [-0.3, -0.25) is 14.3 Å². The second-order valence-electron chi connectivity index (χ2n) is 7.12. The molecule has 2 aromatic carbocycles. The zero-order chi connectivity index (χ0) is 20.8. The van der Waals surface area contributed by atoms with Crippen molar-refractivity contribution in [3.63, 3.8) is 0 Å². The number of nitrogens with one attached hydrogen (secondary N) is 1. The number of anilines is 1. The van der Waals surface area contributed by atoms with E-state index in [1.165, 1.54) is 24.6 Å². The van der Waals surface area contributed by atoms with Crippen molar-refractivity contribution >= 4 is 35.1 Å². The van der Waals surface area contributed by atoms with E-state index in [9.17, 15) is 4.79 Å². The fraction of sp³-hybridized carbons (Fsp3) is 0.318. The summed E-state index contributed by atoms with van der Waals surface area (Å²) in [6, 6.07) is 18.0. The first-order valence-corrected chi connectivity index (χ1v) is 12.2. The van der Waals surface area contributed by atoms with Crippen LogP contribution in [0.5, 0.6) is 0 Å². The van der Waals surface area contributed by atoms with E-state index in [2.05, 4.69) is 37.1 Å². The Bertz CT molecular complexity index is 986. The Morgan fingerprint density at radius 2 is 1.87 bits per heavy atom. The summed E-state index contributed by atoms with van der Waals surface area (Å²) in [7, 11) is 0. The highest BCUT2D eigenvalue weighted by molar-refractivity contribution is 7.99. The molecule has 1 saturated heterocycles. The first-order valence-electron chi connectivity index (χ1n) is 10.0. The number of hydrogen-bond donors (Lipinski definition) is 1. The van der Waals surface area contributed by atoms with Crippen LogP contribution in [-0.2, 0) is 11.3 Å². The highest BCUT2D eigenvalue weighted by Gasteiger charge is 2.20. The fourth-order valence-electron chi connectivity index (χ4n) is 3.50. The molecule has 4 rings (SSSR count). The highest BCUT2D eigenvalue weighted by Crippen LogP contribution is 2.24. The number of nitrogens with zero attached hydrogens (tertiary/aromatic N) is 4. The molecule has 0 spiro atoms. The molecule has 1 fully saturated rings. The van der Waals surface area contributed by atoms with Crippen LogP contribution in [0, 0.1) is 0 Å². The number of carbonyl (C=O) groups excluding carboxylic acids is 1. The average molecular weight is 440 g/mol. The van der Waals surface area contributed by atoms with Crippen molar-refractivity contribution < 1.29 is 4.79 Å². The van der Waals surface area contributed by atoms with Gasteiger partial charge in [-0.1, -0.05) is 36.0 Å². The Morgan fingerprint density at radius 3 is 2.63 bits per heavy atom. The monoisotopic (exact) mass is 439 g/mol. The molecule has 1 aliphatic rings. The minimum Gasteiger partial charge on any atom is -0.325 e. The lowest BCUT2D eigenvalue weighted by Gasteiger charge is -2.16. The summed E-state index contributed by atoms with van der Waals surface area (Å²) >= 11 is 3.06. The molecule has 0 aliphatic carbocycles. The molecule has 0 atom stereocenters. The minimum absolute atomic E-state index is 0.0537. The Kier molecular flexibility index (Phi) is 7.09. The third-order valence-electron chi connectivity index (χ3n) is 4.96. The molecule has 0 saturated carbocycles. The molecule has 2 heterocycles. The quantitative estimate of drug-likeness (QED) is 0.528. The van der Waals surface area contributed by atoms with E-state index >= 15 is 0 Å². The molecule has 0 radical (unpaired) electrons. The summed E-state index contributed by atoms with van der Waals surface area (Å²) in [5.41, 5.74) is 1.83. The summed E-state index contributed by atoms with van der Waals surface area (Å²) in [4.78, 5) is 16.0. The van der Waals surface area contributed by atoms with Crippen molar-refractivity contribution in [3.8, 4) is 5.69 Å². The first-order chi connectivity index (χ1) is 14.7. The van der Waals surface area contributed by atoms with Gasteiger partial charge in [0.1, 0.15) is 0 Å². The molecule has 0 bridgehead atoms. The summed E-state index contributed by atoms with van der Waals surface area (Å²) < 4.78 is 2.07. The molecule has 8 heteroatoms. The van der Waals surface area contributed by atoms with E-state index in [-0.39, 0.29) is 11.7 Å². The lowest BCUT2D eigenvalue weighted by atomic mass is 10.3. The number of thioether (sulfide) groups is 2. The maximum Gasteiger partial charge on any atom is 0.234 e. The molecule has 0 unspecified atom stereocenters. The van der Waals surface area contributed by atoms with Gasteiger partial charge < -0.3 is 5.32 Å². The molecule has 3 aromatic rings. The van der Waals surface area contributed by atoms with Gasteiger partial charge in [-0.2, -0.15) is 0 Å². The highest BCUT2D eigenvalue weighted by atomic mass is 32.2. The van der Waals surface area contributed by atoms with Gasteiger partial charge in [-0.05, 0) is 62.5 Å². The van der Waals surface area contributed by atoms with E-state index in [4.69, 9.17) is 0 Å². The Labute approximate surface area is 185 Å². The van der Waals surface area contributed by atoms with Crippen molar-refractivity contribution in [3.05, 3.63) is 60.4 Å².